The SMILES string of the molecule is CC(=O)O[C@H]1C[C@H](OC(C)=O)[C@]2(C)[C@H]3[C@H](OC[C@]13C)[C@@H](OC(=O)/C=C/c1ccccc1)[C@@]1(C)C3=CC[C@@H](c4ccoc4)[C@@]3(C)CC[C@@H]12. The lowest BCUT2D eigenvalue weighted by Crippen LogP contribution is -2.73. The summed E-state index contributed by atoms with van der Waals surface area (Å²) in [5.74, 6) is -1.16. The molecule has 0 N–H and O–H groups in total. The van der Waals surface area contributed by atoms with E-state index >= 15 is 0 Å². The molecule has 1 saturated heterocycles. The number of fused-ring (bicyclic) bond motifs is 4. The number of hydrogen-bond donors (Lipinski definition) is 0. The van der Waals surface area contributed by atoms with Crippen LogP contribution in [-0.2, 0) is 33.3 Å². The molecule has 11 atom stereocenters. The van der Waals surface area contributed by atoms with Gasteiger partial charge in [0.25, 0.3) is 0 Å². The van der Waals surface area contributed by atoms with Crippen LogP contribution in [-0.4, -0.2) is 48.9 Å². The second kappa shape index (κ2) is 11.2. The van der Waals surface area contributed by atoms with Gasteiger partial charge < -0.3 is 23.4 Å². The van der Waals surface area contributed by atoms with Gasteiger partial charge in [0.2, 0.25) is 0 Å². The van der Waals surface area contributed by atoms with Crippen molar-refractivity contribution >= 4 is 24.0 Å². The van der Waals surface area contributed by atoms with E-state index in [2.05, 4.69) is 39.8 Å². The Labute approximate surface area is 276 Å². The van der Waals surface area contributed by atoms with Crippen molar-refractivity contribution < 1.29 is 37.7 Å². The van der Waals surface area contributed by atoms with Crippen molar-refractivity contribution in [1.82, 2.24) is 0 Å². The van der Waals surface area contributed by atoms with Gasteiger partial charge in [-0.15, -0.1) is 0 Å². The molecule has 1 aromatic carbocycles. The maximum atomic E-state index is 13.8. The maximum absolute atomic E-state index is 13.8. The second-order valence-electron chi connectivity index (χ2n) is 15.4. The van der Waals surface area contributed by atoms with Crippen molar-refractivity contribution in [3.8, 4) is 0 Å². The monoisotopic (exact) mass is 642 g/mol. The number of ether oxygens (including phenoxy) is 4. The minimum absolute atomic E-state index is 0.0155. The molecule has 1 aliphatic heterocycles. The van der Waals surface area contributed by atoms with E-state index in [0.29, 0.717) is 13.0 Å². The molecule has 0 amide bonds. The molecule has 2 heterocycles. The van der Waals surface area contributed by atoms with Gasteiger partial charge in [0.05, 0.1) is 25.2 Å². The lowest BCUT2D eigenvalue weighted by atomic mass is 9.36. The van der Waals surface area contributed by atoms with Crippen LogP contribution in [0.25, 0.3) is 6.08 Å². The first-order chi connectivity index (χ1) is 22.3. The minimum Gasteiger partial charge on any atom is -0.472 e. The lowest BCUT2D eigenvalue weighted by Gasteiger charge is -2.69. The maximum Gasteiger partial charge on any atom is 0.331 e. The quantitative estimate of drug-likeness (QED) is 0.143. The molecule has 7 rings (SSSR count). The molecule has 0 bridgehead atoms. The summed E-state index contributed by atoms with van der Waals surface area (Å²) < 4.78 is 31.2. The van der Waals surface area contributed by atoms with Crippen molar-refractivity contribution in [2.75, 3.05) is 6.61 Å². The Hall–Kier alpha value is -3.65. The van der Waals surface area contributed by atoms with Crippen LogP contribution in [0.3, 0.4) is 0 Å². The van der Waals surface area contributed by atoms with Gasteiger partial charge in [-0.1, -0.05) is 69.7 Å². The van der Waals surface area contributed by atoms with Gasteiger partial charge >= 0.3 is 17.9 Å². The van der Waals surface area contributed by atoms with Crippen LogP contribution in [0.4, 0.5) is 0 Å². The molecule has 0 unspecified atom stereocenters. The fraction of sp³-hybridized carbons (Fsp3) is 0.564. The highest BCUT2D eigenvalue weighted by Gasteiger charge is 2.78. The topological polar surface area (TPSA) is 101 Å². The molecule has 47 heavy (non-hydrogen) atoms. The number of allylic oxidation sites excluding steroid dienone is 1. The predicted molar refractivity (Wildman–Crippen MR) is 174 cm³/mol. The molecule has 4 aliphatic carbocycles. The zero-order chi connectivity index (χ0) is 33.4. The van der Waals surface area contributed by atoms with Crippen LogP contribution in [0.2, 0.25) is 0 Å². The summed E-state index contributed by atoms with van der Waals surface area (Å²) in [4.78, 5) is 38.9. The van der Waals surface area contributed by atoms with E-state index in [0.717, 1.165) is 24.8 Å². The minimum atomic E-state index is -0.629. The van der Waals surface area contributed by atoms with E-state index < -0.39 is 46.6 Å². The Kier molecular flexibility index (Phi) is 7.62. The van der Waals surface area contributed by atoms with Gasteiger partial charge in [0.1, 0.15) is 18.3 Å². The molecule has 8 nitrogen and oxygen atoms in total. The lowest BCUT2D eigenvalue weighted by molar-refractivity contribution is -0.265. The summed E-state index contributed by atoms with van der Waals surface area (Å²) in [7, 11) is 0. The Morgan fingerprint density at radius 1 is 0.936 bits per heavy atom. The summed E-state index contributed by atoms with van der Waals surface area (Å²) in [6.07, 6.45) is 10.1. The number of rotatable bonds is 6. The summed E-state index contributed by atoms with van der Waals surface area (Å²) >= 11 is 0. The van der Waals surface area contributed by atoms with Gasteiger partial charge in [0.15, 0.2) is 0 Å². The number of benzene rings is 1. The third-order valence-electron chi connectivity index (χ3n) is 13.0. The number of carbonyl (C=O) groups excluding carboxylic acids is 3. The second-order valence-corrected chi connectivity index (χ2v) is 15.4. The van der Waals surface area contributed by atoms with Crippen LogP contribution in [0, 0.1) is 33.5 Å². The number of hydrogen-bond acceptors (Lipinski definition) is 8. The fourth-order valence-corrected chi connectivity index (χ4v) is 11.3. The summed E-state index contributed by atoms with van der Waals surface area (Å²) in [6.45, 7) is 12.2. The molecule has 3 saturated carbocycles. The van der Waals surface area contributed by atoms with Crippen LogP contribution in [0.15, 0.2) is 71.1 Å². The smallest absolute Gasteiger partial charge is 0.331 e. The molecule has 0 radical (unpaired) electrons. The Balaban J connectivity index is 1.36. The Morgan fingerprint density at radius 2 is 1.66 bits per heavy atom. The van der Waals surface area contributed by atoms with Gasteiger partial charge in [-0.05, 0) is 59.8 Å². The van der Waals surface area contributed by atoms with E-state index in [9.17, 15) is 14.4 Å². The van der Waals surface area contributed by atoms with Crippen molar-refractivity contribution in [1.29, 1.82) is 0 Å². The first kappa shape index (κ1) is 31.9. The largest absolute Gasteiger partial charge is 0.472 e. The summed E-state index contributed by atoms with van der Waals surface area (Å²) in [5.41, 5.74) is 1.40. The van der Waals surface area contributed by atoms with E-state index in [1.54, 1.807) is 12.3 Å². The van der Waals surface area contributed by atoms with Crippen molar-refractivity contribution in [2.24, 2.45) is 33.5 Å². The van der Waals surface area contributed by atoms with Crippen LogP contribution in [0.1, 0.15) is 84.3 Å². The summed E-state index contributed by atoms with van der Waals surface area (Å²) in [5, 5.41) is 0. The van der Waals surface area contributed by atoms with E-state index in [4.69, 9.17) is 23.4 Å². The van der Waals surface area contributed by atoms with Crippen molar-refractivity contribution in [3.05, 3.63) is 77.8 Å². The molecule has 2 aromatic rings. The number of esters is 3. The highest BCUT2D eigenvalue weighted by Crippen LogP contribution is 2.76. The molecular formula is C39H46O8. The highest BCUT2D eigenvalue weighted by molar-refractivity contribution is 5.87. The average molecular weight is 643 g/mol. The van der Waals surface area contributed by atoms with Crippen LogP contribution in [0.5, 0.6) is 0 Å². The van der Waals surface area contributed by atoms with Crippen LogP contribution >= 0.6 is 0 Å². The van der Waals surface area contributed by atoms with Crippen molar-refractivity contribution in [2.45, 2.75) is 97.6 Å². The molecule has 1 aromatic heterocycles. The Bertz CT molecular complexity index is 1610. The predicted octanol–water partition coefficient (Wildman–Crippen LogP) is 7.05. The van der Waals surface area contributed by atoms with E-state index in [1.165, 1.54) is 31.1 Å². The normalized spacial score (nSPS) is 41.7. The molecule has 0 spiro atoms. The number of furan rings is 1. The average Bonchev–Trinajstić information content (AvgIpc) is 3.75. The summed E-state index contributed by atoms with van der Waals surface area (Å²) in [6, 6.07) is 11.7. The fourth-order valence-electron chi connectivity index (χ4n) is 11.3. The Morgan fingerprint density at radius 3 is 2.34 bits per heavy atom. The highest BCUT2D eigenvalue weighted by atomic mass is 16.6. The van der Waals surface area contributed by atoms with Gasteiger partial charge in [-0.3, -0.25) is 9.59 Å². The van der Waals surface area contributed by atoms with E-state index in [-0.39, 0.29) is 35.1 Å². The van der Waals surface area contributed by atoms with Crippen molar-refractivity contribution in [3.63, 3.8) is 0 Å². The molecule has 250 valence electrons. The van der Waals surface area contributed by atoms with Gasteiger partial charge in [0, 0.05) is 48.5 Å². The van der Waals surface area contributed by atoms with Gasteiger partial charge in [-0.2, -0.15) is 0 Å². The molecule has 5 aliphatic rings. The molecular weight excluding hydrogens is 596 g/mol. The zero-order valence-corrected chi connectivity index (χ0v) is 28.2. The first-order valence-corrected chi connectivity index (χ1v) is 17.0. The third kappa shape index (κ3) is 4.68. The zero-order valence-electron chi connectivity index (χ0n) is 28.2. The first-order valence-electron chi connectivity index (χ1n) is 17.0. The van der Waals surface area contributed by atoms with Gasteiger partial charge in [-0.25, -0.2) is 4.79 Å². The van der Waals surface area contributed by atoms with E-state index in [1.807, 2.05) is 36.6 Å². The standard InChI is InChI=1S/C39H46O8/c1-23(40)45-30-20-31(46-24(2)41)39(6)29-16-18-36(3)27(26-17-19-43-21-26)13-14-28(36)38(29,5)35(33-34(39)37(30,4)22-44-33)47-32(42)15-12-25-10-8-7-9-11-25/h7-12,14-15,17,19,21,27,29-31,33-35H,13,16,18,20,22H2,1-6H3/b15-12+/t27-,29-,30-,31-,33-,34-,35+,36+,37+,38-,39+/m0/s1. The molecule has 4 fully saturated rings. The third-order valence-corrected chi connectivity index (χ3v) is 13.0. The van der Waals surface area contributed by atoms with Crippen LogP contribution < -0.4 is 0 Å². The molecule has 8 heteroatoms. The number of carbonyl (C=O) groups is 3.